The minimum Gasteiger partial charge on any atom is -0.393 e. The highest BCUT2D eigenvalue weighted by atomic mass is 19.3. The third-order valence-corrected chi connectivity index (χ3v) is 2.77. The monoisotopic (exact) mass is 222 g/mol. The molecule has 88 valence electrons. The third kappa shape index (κ3) is 3.21. The van der Waals surface area contributed by atoms with Crippen LogP contribution >= 0.6 is 0 Å². The molecule has 0 heterocycles. The minimum absolute atomic E-state index is 0.0500. The van der Waals surface area contributed by atoms with Crippen molar-refractivity contribution in [3.8, 4) is 0 Å². The number of carbonyl (C=O) groups excluding carboxylic acids is 1. The molecule has 0 aliphatic heterocycles. The molecule has 3 nitrogen and oxygen atoms in total. The quantitative estimate of drug-likeness (QED) is 0.781. The van der Waals surface area contributed by atoms with E-state index in [-0.39, 0.29) is 19.4 Å². The molecule has 1 saturated carbocycles. The van der Waals surface area contributed by atoms with Gasteiger partial charge in [-0.3, -0.25) is 4.79 Å². The number of aliphatic hydroxyl groups excluding tert-OH is 1. The normalized spacial score (nSPS) is 28.1. The molecule has 1 N–H and O–H groups in total. The van der Waals surface area contributed by atoms with Crippen molar-refractivity contribution in [1.29, 1.82) is 0 Å². The number of aliphatic hydroxyl groups is 1. The zero-order valence-electron chi connectivity index (χ0n) is 8.71. The molecule has 0 aromatic rings. The summed E-state index contributed by atoms with van der Waals surface area (Å²) in [5, 5.41) is 9.27. The summed E-state index contributed by atoms with van der Waals surface area (Å²) in [7, 11) is 1.34. The van der Waals surface area contributed by atoms with Crippen molar-refractivity contribution in [2.45, 2.75) is 37.7 Å². The summed E-state index contributed by atoms with van der Waals surface area (Å²) in [6.45, 7) is -0.0765. The molecule has 0 amide bonds. The van der Waals surface area contributed by atoms with E-state index >= 15 is 0 Å². The lowest BCUT2D eigenvalue weighted by atomic mass is 9.81. The Morgan fingerprint density at radius 3 is 2.87 bits per heavy atom. The number of alkyl halides is 2. The lowest BCUT2D eigenvalue weighted by Gasteiger charge is -2.31. The molecule has 1 aliphatic carbocycles. The van der Waals surface area contributed by atoms with E-state index in [1.807, 2.05) is 0 Å². The second-order valence-corrected chi connectivity index (χ2v) is 3.95. The Balaban J connectivity index is 2.62. The van der Waals surface area contributed by atoms with Crippen LogP contribution in [0.2, 0.25) is 0 Å². The fourth-order valence-electron chi connectivity index (χ4n) is 1.82. The minimum atomic E-state index is -3.06. The third-order valence-electron chi connectivity index (χ3n) is 2.77. The van der Waals surface area contributed by atoms with Crippen LogP contribution in [0.5, 0.6) is 0 Å². The first-order valence-corrected chi connectivity index (χ1v) is 5.05. The molecule has 0 saturated heterocycles. The van der Waals surface area contributed by atoms with Crippen LogP contribution in [0.4, 0.5) is 8.78 Å². The maximum atomic E-state index is 13.5. The molecule has 2 atom stereocenters. The zero-order chi connectivity index (χ0) is 11.5. The van der Waals surface area contributed by atoms with Gasteiger partial charge in [0.05, 0.1) is 18.6 Å². The van der Waals surface area contributed by atoms with Crippen molar-refractivity contribution >= 4 is 5.78 Å². The summed E-state index contributed by atoms with van der Waals surface area (Å²) >= 11 is 0. The Kier molecular flexibility index (Phi) is 4.16. The number of carbonyl (C=O) groups is 1. The molecule has 0 spiro atoms. The van der Waals surface area contributed by atoms with Gasteiger partial charge < -0.3 is 9.84 Å². The molecule has 5 heteroatoms. The standard InChI is InChI=1S/C10H16F2O3/c1-15-5-4-10(11,12)8-6-7(13)2-3-9(8)14/h7-8,13H,2-6H2,1H3. The number of hydrogen-bond acceptors (Lipinski definition) is 3. The van der Waals surface area contributed by atoms with E-state index in [0.29, 0.717) is 6.42 Å². The van der Waals surface area contributed by atoms with Gasteiger partial charge in [0, 0.05) is 20.0 Å². The summed E-state index contributed by atoms with van der Waals surface area (Å²) in [5.41, 5.74) is 0. The molecular weight excluding hydrogens is 206 g/mol. The van der Waals surface area contributed by atoms with Crippen LogP contribution in [0.3, 0.4) is 0 Å². The Morgan fingerprint density at radius 1 is 1.60 bits per heavy atom. The SMILES string of the molecule is COCCC(F)(F)C1CC(O)CCC1=O. The van der Waals surface area contributed by atoms with Crippen LogP contribution in [0, 0.1) is 5.92 Å². The van der Waals surface area contributed by atoms with Crippen LogP contribution in [-0.2, 0) is 9.53 Å². The fraction of sp³-hybridized carbons (Fsp3) is 0.900. The van der Waals surface area contributed by atoms with Gasteiger partial charge in [0.2, 0.25) is 0 Å². The summed E-state index contributed by atoms with van der Waals surface area (Å²) < 4.78 is 31.6. The van der Waals surface area contributed by atoms with Crippen LogP contribution in [0.15, 0.2) is 0 Å². The van der Waals surface area contributed by atoms with Crippen molar-refractivity contribution in [3.05, 3.63) is 0 Å². The van der Waals surface area contributed by atoms with Gasteiger partial charge in [-0.2, -0.15) is 0 Å². The Morgan fingerprint density at radius 2 is 2.27 bits per heavy atom. The fourth-order valence-corrected chi connectivity index (χ4v) is 1.82. The Hall–Kier alpha value is -0.550. The first-order chi connectivity index (χ1) is 6.97. The highest BCUT2D eigenvalue weighted by Crippen LogP contribution is 2.36. The van der Waals surface area contributed by atoms with Gasteiger partial charge in [-0.25, -0.2) is 8.78 Å². The average Bonchev–Trinajstić information content (AvgIpc) is 2.18. The number of rotatable bonds is 4. The van der Waals surface area contributed by atoms with Crippen LogP contribution in [-0.4, -0.2) is 36.6 Å². The van der Waals surface area contributed by atoms with Crippen molar-refractivity contribution in [3.63, 3.8) is 0 Å². The summed E-state index contributed by atoms with van der Waals surface area (Å²) in [4.78, 5) is 11.3. The maximum Gasteiger partial charge on any atom is 0.260 e. The van der Waals surface area contributed by atoms with E-state index in [2.05, 4.69) is 4.74 Å². The number of ketones is 1. The van der Waals surface area contributed by atoms with Crippen molar-refractivity contribution < 1.29 is 23.4 Å². The number of ether oxygens (including phenoxy) is 1. The van der Waals surface area contributed by atoms with Gasteiger partial charge >= 0.3 is 0 Å². The molecule has 0 aromatic heterocycles. The van der Waals surface area contributed by atoms with Crippen molar-refractivity contribution in [2.24, 2.45) is 5.92 Å². The van der Waals surface area contributed by atoms with Crippen LogP contribution in [0.1, 0.15) is 25.7 Å². The van der Waals surface area contributed by atoms with Crippen molar-refractivity contribution in [1.82, 2.24) is 0 Å². The zero-order valence-corrected chi connectivity index (χ0v) is 8.71. The maximum absolute atomic E-state index is 13.5. The van der Waals surface area contributed by atoms with Gasteiger partial charge in [-0.1, -0.05) is 0 Å². The molecule has 1 fully saturated rings. The van der Waals surface area contributed by atoms with E-state index in [9.17, 15) is 18.7 Å². The lowest BCUT2D eigenvalue weighted by Crippen LogP contribution is -2.41. The summed E-state index contributed by atoms with van der Waals surface area (Å²) in [5.74, 6) is -4.84. The number of halogens is 2. The van der Waals surface area contributed by atoms with E-state index in [4.69, 9.17) is 0 Å². The van der Waals surface area contributed by atoms with Gasteiger partial charge in [0.1, 0.15) is 5.78 Å². The van der Waals surface area contributed by atoms with Gasteiger partial charge in [0.25, 0.3) is 5.92 Å². The van der Waals surface area contributed by atoms with E-state index in [0.717, 1.165) is 0 Å². The van der Waals surface area contributed by atoms with E-state index in [1.54, 1.807) is 0 Å². The van der Waals surface area contributed by atoms with E-state index in [1.165, 1.54) is 7.11 Å². The molecule has 0 radical (unpaired) electrons. The number of Topliss-reactive ketones (excluding diaryl/α,β-unsaturated/α-hetero) is 1. The van der Waals surface area contributed by atoms with Crippen LogP contribution in [0.25, 0.3) is 0 Å². The molecule has 1 rings (SSSR count). The second kappa shape index (κ2) is 4.99. The predicted molar refractivity (Wildman–Crippen MR) is 49.8 cm³/mol. The molecule has 2 unspecified atom stereocenters. The predicted octanol–water partition coefficient (Wildman–Crippen LogP) is 1.39. The highest BCUT2D eigenvalue weighted by molar-refractivity contribution is 5.82. The smallest absolute Gasteiger partial charge is 0.260 e. The van der Waals surface area contributed by atoms with Gasteiger partial charge in [-0.05, 0) is 12.8 Å². The van der Waals surface area contributed by atoms with Crippen molar-refractivity contribution in [2.75, 3.05) is 13.7 Å². The summed E-state index contributed by atoms with van der Waals surface area (Å²) in [6.07, 6.45) is -1.02. The Labute approximate surface area is 87.4 Å². The topological polar surface area (TPSA) is 46.5 Å². The molecule has 1 aliphatic rings. The molecule has 0 aromatic carbocycles. The number of methoxy groups -OCH3 is 1. The molecule has 15 heavy (non-hydrogen) atoms. The Bertz CT molecular complexity index is 231. The number of hydrogen-bond donors (Lipinski definition) is 1. The van der Waals surface area contributed by atoms with Gasteiger partial charge in [-0.15, -0.1) is 0 Å². The molecule has 0 bridgehead atoms. The van der Waals surface area contributed by atoms with Gasteiger partial charge in [0.15, 0.2) is 0 Å². The average molecular weight is 222 g/mol. The van der Waals surface area contributed by atoms with E-state index < -0.39 is 30.1 Å². The highest BCUT2D eigenvalue weighted by Gasteiger charge is 2.46. The first-order valence-electron chi connectivity index (χ1n) is 5.05. The summed E-state index contributed by atoms with van der Waals surface area (Å²) in [6, 6.07) is 0. The van der Waals surface area contributed by atoms with Crippen LogP contribution < -0.4 is 0 Å². The first kappa shape index (κ1) is 12.5. The lowest BCUT2D eigenvalue weighted by molar-refractivity contribution is -0.148. The molecular formula is C10H16F2O3. The second-order valence-electron chi connectivity index (χ2n) is 3.95. The largest absolute Gasteiger partial charge is 0.393 e.